The fourth-order valence-electron chi connectivity index (χ4n) is 1.60. The zero-order valence-corrected chi connectivity index (χ0v) is 6.78. The Morgan fingerprint density at radius 3 is 2.33 bits per heavy atom. The second-order valence-corrected chi connectivity index (χ2v) is 3.07. The van der Waals surface area contributed by atoms with Crippen molar-refractivity contribution >= 4 is 12.4 Å². The topological polar surface area (TPSA) is 63.6 Å². The van der Waals surface area contributed by atoms with Crippen molar-refractivity contribution in [2.75, 3.05) is 0 Å². The minimum absolute atomic E-state index is 0.236. The summed E-state index contributed by atoms with van der Waals surface area (Å²) in [6.07, 6.45) is 3.56. The lowest BCUT2D eigenvalue weighted by Crippen LogP contribution is -2.43. The van der Waals surface area contributed by atoms with Crippen LogP contribution in [0.1, 0.15) is 32.1 Å². The zero-order chi connectivity index (χ0) is 9.03. The van der Waals surface area contributed by atoms with E-state index in [1.165, 1.54) is 0 Å². The molecular formula is C8H12O4. The molecule has 0 saturated heterocycles. The van der Waals surface area contributed by atoms with Crippen LogP contribution in [0, 0.1) is 0 Å². The summed E-state index contributed by atoms with van der Waals surface area (Å²) in [5, 5.41) is 8.84. The van der Waals surface area contributed by atoms with E-state index < -0.39 is 11.6 Å². The number of rotatable bonds is 3. The Labute approximate surface area is 70.5 Å². The van der Waals surface area contributed by atoms with Gasteiger partial charge in [-0.2, -0.15) is 0 Å². The quantitative estimate of drug-likeness (QED) is 0.643. The van der Waals surface area contributed by atoms with E-state index in [9.17, 15) is 9.59 Å². The van der Waals surface area contributed by atoms with Crippen LogP contribution in [0.2, 0.25) is 0 Å². The van der Waals surface area contributed by atoms with Crippen molar-refractivity contribution in [1.29, 1.82) is 0 Å². The average Bonchev–Trinajstić information content (AvgIpc) is 2.06. The lowest BCUT2D eigenvalue weighted by Gasteiger charge is -2.30. The normalized spacial score (nSPS) is 21.3. The summed E-state index contributed by atoms with van der Waals surface area (Å²) in [5.41, 5.74) is -1.22. The van der Waals surface area contributed by atoms with Crippen LogP contribution < -0.4 is 0 Å². The van der Waals surface area contributed by atoms with Crippen molar-refractivity contribution < 1.29 is 19.4 Å². The van der Waals surface area contributed by atoms with E-state index in [2.05, 4.69) is 4.74 Å². The van der Waals surface area contributed by atoms with Gasteiger partial charge in [-0.25, -0.2) is 4.79 Å². The summed E-state index contributed by atoms with van der Waals surface area (Å²) >= 11 is 0. The minimum atomic E-state index is -1.22. The number of ether oxygens (including phenoxy) is 1. The van der Waals surface area contributed by atoms with Gasteiger partial charge in [-0.05, 0) is 25.7 Å². The number of hydrogen-bond acceptors (Lipinski definition) is 3. The van der Waals surface area contributed by atoms with Crippen LogP contribution in [-0.2, 0) is 14.3 Å². The maximum atomic E-state index is 10.8. The summed E-state index contributed by atoms with van der Waals surface area (Å²) in [5.74, 6) is -1.02. The molecule has 4 heteroatoms. The van der Waals surface area contributed by atoms with Crippen LogP contribution in [-0.4, -0.2) is 23.1 Å². The van der Waals surface area contributed by atoms with Crippen LogP contribution in [0.5, 0.6) is 0 Å². The van der Waals surface area contributed by atoms with Gasteiger partial charge in [-0.15, -0.1) is 0 Å². The lowest BCUT2D eigenvalue weighted by atomic mass is 9.85. The van der Waals surface area contributed by atoms with E-state index in [0.717, 1.165) is 19.3 Å². The third kappa shape index (κ3) is 1.57. The second-order valence-electron chi connectivity index (χ2n) is 3.07. The predicted molar refractivity (Wildman–Crippen MR) is 40.6 cm³/mol. The van der Waals surface area contributed by atoms with Crippen molar-refractivity contribution in [2.24, 2.45) is 0 Å². The minimum Gasteiger partial charge on any atom is -0.478 e. The molecule has 1 saturated carbocycles. The monoisotopic (exact) mass is 172 g/mol. The van der Waals surface area contributed by atoms with Crippen molar-refractivity contribution in [2.45, 2.75) is 37.7 Å². The van der Waals surface area contributed by atoms with Crippen molar-refractivity contribution in [1.82, 2.24) is 0 Å². The smallest absolute Gasteiger partial charge is 0.348 e. The van der Waals surface area contributed by atoms with Crippen molar-refractivity contribution in [3.05, 3.63) is 0 Å². The van der Waals surface area contributed by atoms with Crippen LogP contribution in [0.15, 0.2) is 0 Å². The summed E-state index contributed by atoms with van der Waals surface area (Å²) < 4.78 is 4.65. The van der Waals surface area contributed by atoms with E-state index in [1.807, 2.05) is 0 Å². The fraction of sp³-hybridized carbons (Fsp3) is 0.750. The van der Waals surface area contributed by atoms with Crippen molar-refractivity contribution in [3.63, 3.8) is 0 Å². The molecular weight excluding hydrogens is 160 g/mol. The highest BCUT2D eigenvalue weighted by Crippen LogP contribution is 2.31. The molecule has 68 valence electrons. The van der Waals surface area contributed by atoms with Crippen molar-refractivity contribution in [3.8, 4) is 0 Å². The highest BCUT2D eigenvalue weighted by molar-refractivity contribution is 5.78. The first-order valence-corrected chi connectivity index (χ1v) is 4.06. The third-order valence-electron chi connectivity index (χ3n) is 2.32. The molecule has 0 atom stereocenters. The molecule has 0 aliphatic heterocycles. The summed E-state index contributed by atoms with van der Waals surface area (Å²) in [7, 11) is 0. The first-order valence-electron chi connectivity index (χ1n) is 4.06. The highest BCUT2D eigenvalue weighted by Gasteiger charge is 2.41. The number of carboxylic acids is 1. The number of carbonyl (C=O) groups excluding carboxylic acids is 1. The number of hydrogen-bond donors (Lipinski definition) is 1. The first-order chi connectivity index (χ1) is 5.71. The molecule has 1 aliphatic carbocycles. The standard InChI is InChI=1S/C8H12O4/c9-6-12-8(7(10)11)4-2-1-3-5-8/h6H,1-5H2,(H,10,11). The summed E-state index contributed by atoms with van der Waals surface area (Å²) in [6.45, 7) is 0.236. The number of aliphatic carboxylic acids is 1. The molecule has 1 N–H and O–H groups in total. The molecule has 1 rings (SSSR count). The highest BCUT2D eigenvalue weighted by atomic mass is 16.6. The summed E-state index contributed by atoms with van der Waals surface area (Å²) in [6, 6.07) is 0. The van der Waals surface area contributed by atoms with Crippen LogP contribution in [0.3, 0.4) is 0 Å². The Morgan fingerprint density at radius 2 is 1.92 bits per heavy atom. The SMILES string of the molecule is O=COC1(C(=O)O)CCCCC1. The van der Waals surface area contributed by atoms with Gasteiger partial charge in [-0.3, -0.25) is 4.79 Å². The molecule has 0 spiro atoms. The largest absolute Gasteiger partial charge is 0.478 e. The van der Waals surface area contributed by atoms with E-state index in [-0.39, 0.29) is 6.47 Å². The second kappa shape index (κ2) is 3.56. The van der Waals surface area contributed by atoms with Crippen LogP contribution >= 0.6 is 0 Å². The Balaban J connectivity index is 2.69. The molecule has 1 fully saturated rings. The molecule has 0 aromatic carbocycles. The van der Waals surface area contributed by atoms with Gasteiger partial charge in [0.05, 0.1) is 0 Å². The third-order valence-corrected chi connectivity index (χ3v) is 2.32. The molecule has 0 aromatic rings. The molecule has 0 unspecified atom stereocenters. The molecule has 1 aliphatic rings. The Hall–Kier alpha value is -1.06. The molecule has 0 bridgehead atoms. The van der Waals surface area contributed by atoms with Gasteiger partial charge >= 0.3 is 5.97 Å². The molecule has 4 nitrogen and oxygen atoms in total. The Kier molecular flexibility index (Phi) is 2.68. The van der Waals surface area contributed by atoms with E-state index in [1.54, 1.807) is 0 Å². The van der Waals surface area contributed by atoms with E-state index in [0.29, 0.717) is 12.8 Å². The predicted octanol–water partition coefficient (Wildman–Crippen LogP) is 0.947. The number of carbonyl (C=O) groups is 2. The van der Waals surface area contributed by atoms with E-state index in [4.69, 9.17) is 5.11 Å². The molecule has 0 amide bonds. The Bertz CT molecular complexity index is 181. The van der Waals surface area contributed by atoms with Gasteiger partial charge in [0.1, 0.15) is 0 Å². The maximum absolute atomic E-state index is 10.8. The lowest BCUT2D eigenvalue weighted by molar-refractivity contribution is -0.174. The van der Waals surface area contributed by atoms with Gasteiger partial charge < -0.3 is 9.84 Å². The van der Waals surface area contributed by atoms with Crippen LogP contribution in [0.4, 0.5) is 0 Å². The average molecular weight is 172 g/mol. The van der Waals surface area contributed by atoms with Gasteiger partial charge in [-0.1, -0.05) is 6.42 Å². The van der Waals surface area contributed by atoms with E-state index >= 15 is 0 Å². The van der Waals surface area contributed by atoms with Gasteiger partial charge in [0.25, 0.3) is 6.47 Å². The molecule has 12 heavy (non-hydrogen) atoms. The first kappa shape index (κ1) is 9.03. The zero-order valence-electron chi connectivity index (χ0n) is 6.78. The van der Waals surface area contributed by atoms with Gasteiger partial charge in [0.15, 0.2) is 0 Å². The number of carboxylic acid groups (broad SMARTS) is 1. The maximum Gasteiger partial charge on any atom is 0.348 e. The fourth-order valence-corrected chi connectivity index (χ4v) is 1.60. The summed E-state index contributed by atoms with van der Waals surface area (Å²) in [4.78, 5) is 20.9. The van der Waals surface area contributed by atoms with Gasteiger partial charge in [0, 0.05) is 0 Å². The van der Waals surface area contributed by atoms with Crippen LogP contribution in [0.25, 0.3) is 0 Å². The molecule has 0 aromatic heterocycles. The molecule has 0 radical (unpaired) electrons. The van der Waals surface area contributed by atoms with Gasteiger partial charge in [0.2, 0.25) is 5.60 Å². The molecule has 0 heterocycles. The Morgan fingerprint density at radius 1 is 1.33 bits per heavy atom.